The van der Waals surface area contributed by atoms with Crippen LogP contribution in [-0.2, 0) is 27.5 Å². The molecule has 10 nitrogen and oxygen atoms in total. The third-order valence-electron chi connectivity index (χ3n) is 11.5. The van der Waals surface area contributed by atoms with Gasteiger partial charge in [-0.25, -0.2) is 9.18 Å². The number of fused-ring (bicyclic) bond motifs is 2. The lowest BCUT2D eigenvalue weighted by molar-refractivity contribution is -0.253. The average molecular weight is 797 g/mol. The smallest absolute Gasteiger partial charge is 0.409 e. The maximum atomic E-state index is 14.7. The predicted molar refractivity (Wildman–Crippen MR) is 221 cm³/mol. The van der Waals surface area contributed by atoms with Crippen LogP contribution in [-0.4, -0.2) is 72.2 Å². The largest absolute Gasteiger partial charge is 0.489 e. The summed E-state index contributed by atoms with van der Waals surface area (Å²) in [5, 5.41) is 24.6. The van der Waals surface area contributed by atoms with Crippen molar-refractivity contribution in [1.29, 1.82) is 0 Å². The Morgan fingerprint density at radius 1 is 0.983 bits per heavy atom. The molecular weight excluding hydrogens is 740 g/mol. The summed E-state index contributed by atoms with van der Waals surface area (Å²) in [6.45, 7) is 8.51. The number of rotatable bonds is 21. The number of carbonyl (C=O) groups excluding carboxylic acids is 1. The minimum atomic E-state index is -1.41. The van der Waals surface area contributed by atoms with E-state index in [2.05, 4.69) is 19.2 Å². The first-order valence-electron chi connectivity index (χ1n) is 20.5. The van der Waals surface area contributed by atoms with Gasteiger partial charge < -0.3 is 38.9 Å². The summed E-state index contributed by atoms with van der Waals surface area (Å²) in [5.74, 6) is -1.25. The third kappa shape index (κ3) is 9.65. The third-order valence-corrected chi connectivity index (χ3v) is 11.5. The number of aliphatic hydroxyl groups excluding tert-OH is 2. The summed E-state index contributed by atoms with van der Waals surface area (Å²) in [4.78, 5) is 21.5. The van der Waals surface area contributed by atoms with Gasteiger partial charge in [-0.15, -0.1) is 13.2 Å². The van der Waals surface area contributed by atoms with Crippen LogP contribution in [0.1, 0.15) is 74.0 Å². The summed E-state index contributed by atoms with van der Waals surface area (Å²) in [6.07, 6.45) is 10.4. The molecule has 2 aliphatic carbocycles. The van der Waals surface area contributed by atoms with E-state index in [1.165, 1.54) is 6.07 Å². The predicted octanol–water partition coefficient (Wildman–Crippen LogP) is 8.88. The highest BCUT2D eigenvalue weighted by molar-refractivity contribution is 6.02. The summed E-state index contributed by atoms with van der Waals surface area (Å²) >= 11 is 0. The molecule has 1 saturated carbocycles. The fraction of sp³-hybridized carbons (Fsp3) is 0.447. The molecule has 11 heteroatoms. The van der Waals surface area contributed by atoms with Crippen LogP contribution in [0, 0.1) is 23.6 Å². The molecule has 6 atom stereocenters. The molecule has 0 saturated heterocycles. The number of nitrogens with zero attached hydrogens (tertiary/aromatic N) is 2. The number of amides is 1. The molecule has 1 amide bonds. The Bertz CT molecular complexity index is 1900. The van der Waals surface area contributed by atoms with Gasteiger partial charge in [-0.1, -0.05) is 84.8 Å². The lowest BCUT2D eigenvalue weighted by atomic mass is 9.55. The van der Waals surface area contributed by atoms with Gasteiger partial charge >= 0.3 is 6.09 Å². The molecule has 0 spiro atoms. The van der Waals surface area contributed by atoms with Crippen molar-refractivity contribution in [2.75, 3.05) is 33.5 Å². The number of carbonyl (C=O) groups is 1. The second-order valence-corrected chi connectivity index (χ2v) is 15.2. The van der Waals surface area contributed by atoms with Crippen LogP contribution in [0.4, 0.5) is 9.18 Å². The van der Waals surface area contributed by atoms with E-state index in [1.807, 2.05) is 48.5 Å². The van der Waals surface area contributed by atoms with Crippen molar-refractivity contribution in [3.63, 3.8) is 0 Å². The van der Waals surface area contributed by atoms with Crippen LogP contribution < -0.4 is 9.47 Å². The zero-order chi connectivity index (χ0) is 40.9. The van der Waals surface area contributed by atoms with Crippen molar-refractivity contribution in [3.8, 4) is 11.5 Å². The summed E-state index contributed by atoms with van der Waals surface area (Å²) in [6, 6.07) is 21.3. The number of hydrogen-bond donors (Lipinski definition) is 2. The number of aliphatic hydroxyl groups is 2. The van der Waals surface area contributed by atoms with Gasteiger partial charge in [-0.3, -0.25) is 0 Å². The van der Waals surface area contributed by atoms with E-state index >= 15 is 0 Å². The maximum Gasteiger partial charge on any atom is 0.409 e. The van der Waals surface area contributed by atoms with Crippen molar-refractivity contribution in [2.45, 2.75) is 82.3 Å². The number of hydrogen-bond acceptors (Lipinski definition) is 9. The normalized spacial score (nSPS) is 23.8. The number of unbranched alkanes of at least 4 members (excludes halogenated alkanes) is 2. The van der Waals surface area contributed by atoms with E-state index in [0.29, 0.717) is 42.0 Å². The molecule has 0 aromatic heterocycles. The lowest BCUT2D eigenvalue weighted by Crippen LogP contribution is -2.69. The molecule has 3 aromatic rings. The molecule has 6 rings (SSSR count). The van der Waals surface area contributed by atoms with Crippen LogP contribution in [0.2, 0.25) is 0 Å². The molecule has 3 aromatic carbocycles. The first-order valence-corrected chi connectivity index (χ1v) is 20.5. The van der Waals surface area contributed by atoms with Gasteiger partial charge in [0.15, 0.2) is 0 Å². The van der Waals surface area contributed by atoms with Crippen molar-refractivity contribution < 1.29 is 43.2 Å². The van der Waals surface area contributed by atoms with E-state index in [9.17, 15) is 19.4 Å². The monoisotopic (exact) mass is 796 g/mol. The Labute approximate surface area is 341 Å². The number of ether oxygens (including phenoxy) is 4. The van der Waals surface area contributed by atoms with Crippen LogP contribution in [0.15, 0.2) is 115 Å². The zero-order valence-corrected chi connectivity index (χ0v) is 33.5. The van der Waals surface area contributed by atoms with Crippen LogP contribution in [0.3, 0.4) is 0 Å². The molecule has 0 bridgehead atoms. The average Bonchev–Trinajstić information content (AvgIpc) is 3.24. The fourth-order valence-electron chi connectivity index (χ4n) is 8.81. The number of allylic oxidation sites excluding steroid dienone is 1. The first kappa shape index (κ1) is 42.6. The molecule has 2 N–H and O–H groups in total. The molecule has 58 heavy (non-hydrogen) atoms. The Balaban J connectivity index is 1.52. The number of oxime groups is 1. The molecule has 0 unspecified atom stereocenters. The van der Waals surface area contributed by atoms with Gasteiger partial charge in [0.25, 0.3) is 0 Å². The van der Waals surface area contributed by atoms with Gasteiger partial charge in [0, 0.05) is 43.7 Å². The highest BCUT2D eigenvalue weighted by atomic mass is 19.1. The van der Waals surface area contributed by atoms with Gasteiger partial charge in [-0.2, -0.15) is 0 Å². The second kappa shape index (κ2) is 20.6. The van der Waals surface area contributed by atoms with Crippen molar-refractivity contribution >= 4 is 11.8 Å². The highest BCUT2D eigenvalue weighted by Crippen LogP contribution is 2.61. The Kier molecular flexibility index (Phi) is 15.2. The molecule has 1 fully saturated rings. The molecular formula is C47H57FN2O8. The summed E-state index contributed by atoms with van der Waals surface area (Å²) < 4.78 is 40.8. The maximum absolute atomic E-state index is 14.7. The minimum Gasteiger partial charge on any atom is -0.489 e. The van der Waals surface area contributed by atoms with Crippen molar-refractivity contribution in [3.05, 3.63) is 132 Å². The second-order valence-electron chi connectivity index (χ2n) is 15.2. The van der Waals surface area contributed by atoms with Gasteiger partial charge in [-0.05, 0) is 79.3 Å². The van der Waals surface area contributed by atoms with E-state index in [0.717, 1.165) is 42.4 Å². The van der Waals surface area contributed by atoms with E-state index < -0.39 is 23.8 Å². The summed E-state index contributed by atoms with van der Waals surface area (Å²) in [5.41, 5.74) is 3.91. The standard InChI is InChI=1S/C47H57FN2O8/c1-4-6-27-54-46(53)50(3)43-30-41(49-57-31-33-16-8-7-9-17-33)38-28-34(18-12-14-24-51)37(20-13-15-25-52)44-39-29-36(55-32-35-19-10-11-21-40(35)48)22-23-42(39)58-47(43,45(38)44)56-26-5-2/h4-5,7-11,16-17,19,21-23,28-29,34,37,43-45,51-52H,1-2,6,12-15,18,20,24-27,30-32H2,3H3/t34-,37+,43-,44+,45+,47+/m0/s1. The van der Waals surface area contributed by atoms with E-state index in [-0.39, 0.29) is 69.6 Å². The zero-order valence-electron chi connectivity index (χ0n) is 33.5. The van der Waals surface area contributed by atoms with Crippen LogP contribution >= 0.6 is 0 Å². The minimum absolute atomic E-state index is 0.0326. The number of likely N-dealkylation sites (N-methyl/N-ethyl adjacent to an activating group) is 1. The van der Waals surface area contributed by atoms with Crippen LogP contribution in [0.25, 0.3) is 0 Å². The molecule has 1 heterocycles. The number of benzene rings is 3. The van der Waals surface area contributed by atoms with Gasteiger partial charge in [0.1, 0.15) is 36.6 Å². The van der Waals surface area contributed by atoms with E-state index in [4.69, 9.17) is 28.9 Å². The molecule has 3 aliphatic rings. The fourth-order valence-corrected chi connectivity index (χ4v) is 8.81. The van der Waals surface area contributed by atoms with Gasteiger partial charge in [0.05, 0.1) is 24.8 Å². The SMILES string of the molecule is C=CCCOC(=O)N(C)[C@H]1CC(=NOCc2ccccc2)C2=C[C@H](CCCCO)[C@@H](CCCCO)[C@@H]3c4cc(OCc5ccccc5F)ccc4O[C@@]1(OCC=C)[C@H]23. The topological polar surface area (TPSA) is 119 Å². The Hall–Kier alpha value is -4.97. The lowest BCUT2D eigenvalue weighted by Gasteiger charge is -2.59. The molecule has 1 aliphatic heterocycles. The number of halogens is 1. The highest BCUT2D eigenvalue weighted by Gasteiger charge is 2.65. The Morgan fingerprint density at radius 2 is 1.74 bits per heavy atom. The van der Waals surface area contributed by atoms with Crippen molar-refractivity contribution in [1.82, 2.24) is 4.90 Å². The quantitative estimate of drug-likeness (QED) is 0.0624. The summed E-state index contributed by atoms with van der Waals surface area (Å²) in [7, 11) is 1.70. The first-order chi connectivity index (χ1) is 28.3. The van der Waals surface area contributed by atoms with E-state index in [1.54, 1.807) is 42.3 Å². The van der Waals surface area contributed by atoms with Crippen molar-refractivity contribution in [2.24, 2.45) is 22.9 Å². The van der Waals surface area contributed by atoms with Crippen LogP contribution in [0.5, 0.6) is 11.5 Å². The molecule has 310 valence electrons. The molecule has 0 radical (unpaired) electrons. The Morgan fingerprint density at radius 3 is 2.48 bits per heavy atom. The van der Waals surface area contributed by atoms with Gasteiger partial charge in [0.2, 0.25) is 5.79 Å².